The van der Waals surface area contributed by atoms with Crippen LogP contribution in [-0.4, -0.2) is 28.0 Å². The summed E-state index contributed by atoms with van der Waals surface area (Å²) in [4.78, 5) is 3.88. The number of hydrogen-bond acceptors (Lipinski definition) is 5. The zero-order valence-corrected chi connectivity index (χ0v) is 16.2. The molecule has 1 aromatic heterocycles. The van der Waals surface area contributed by atoms with Crippen LogP contribution in [0.2, 0.25) is 5.02 Å². The fourth-order valence-corrected chi connectivity index (χ4v) is 3.29. The van der Waals surface area contributed by atoms with Crippen molar-refractivity contribution >= 4 is 23.8 Å². The molecule has 4 rings (SSSR count). The third-order valence-corrected chi connectivity index (χ3v) is 4.85. The molecule has 0 atom stereocenters. The van der Waals surface area contributed by atoms with Gasteiger partial charge in [0.2, 0.25) is 10.6 Å². The number of ether oxygens (including phenoxy) is 3. The third-order valence-electron chi connectivity index (χ3n) is 4.29. The van der Waals surface area contributed by atoms with Crippen molar-refractivity contribution in [3.63, 3.8) is 0 Å². The van der Waals surface area contributed by atoms with Crippen molar-refractivity contribution in [1.29, 1.82) is 0 Å². The van der Waals surface area contributed by atoms with Crippen molar-refractivity contribution in [2.45, 2.75) is 12.3 Å². The Balaban J connectivity index is 1.70. The van der Waals surface area contributed by atoms with E-state index in [4.69, 9.17) is 38.0 Å². The lowest BCUT2D eigenvalue weighted by atomic mass is 10.0. The monoisotopic (exact) mass is 443 g/mol. The number of halogens is 4. The Morgan fingerprint density at radius 1 is 1.10 bits per heavy atom. The van der Waals surface area contributed by atoms with Gasteiger partial charge in [-0.05, 0) is 36.5 Å². The number of aromatic nitrogens is 3. The van der Waals surface area contributed by atoms with Crippen LogP contribution in [0.25, 0.3) is 0 Å². The van der Waals surface area contributed by atoms with Gasteiger partial charge in [-0.25, -0.2) is 18.2 Å². The molecular weight excluding hydrogens is 431 g/mol. The molecule has 3 aromatic rings. The summed E-state index contributed by atoms with van der Waals surface area (Å²) in [6.45, 7) is 0.279. The maximum Gasteiger partial charge on any atom is 0.218 e. The number of hydrogen-bond donors (Lipinski definition) is 1. The Kier molecular flexibility index (Phi) is 5.34. The highest BCUT2D eigenvalue weighted by molar-refractivity contribution is 7.71. The lowest BCUT2D eigenvalue weighted by Crippen LogP contribution is -2.34. The SMILES string of the molecule is Fc1cc(Cl)ccc1Oc1cc(F)c(C2(Cn3[nH]cnc3=S)OCCO2)cc1F. The van der Waals surface area contributed by atoms with Crippen LogP contribution in [0.4, 0.5) is 13.2 Å². The van der Waals surface area contributed by atoms with Crippen LogP contribution in [0.3, 0.4) is 0 Å². The van der Waals surface area contributed by atoms with Gasteiger partial charge in [0.25, 0.3) is 0 Å². The molecule has 0 aliphatic carbocycles. The van der Waals surface area contributed by atoms with Gasteiger partial charge in [-0.1, -0.05) is 11.6 Å². The van der Waals surface area contributed by atoms with Crippen LogP contribution in [0.1, 0.15) is 5.56 Å². The van der Waals surface area contributed by atoms with Gasteiger partial charge in [0, 0.05) is 11.1 Å². The molecule has 11 heteroatoms. The summed E-state index contributed by atoms with van der Waals surface area (Å²) in [6.07, 6.45) is 1.36. The average Bonchev–Trinajstić information content (AvgIpc) is 3.30. The molecule has 29 heavy (non-hydrogen) atoms. The molecule has 0 spiro atoms. The predicted octanol–water partition coefficient (Wildman–Crippen LogP) is 4.70. The van der Waals surface area contributed by atoms with Gasteiger partial charge >= 0.3 is 0 Å². The van der Waals surface area contributed by atoms with Gasteiger partial charge in [0.1, 0.15) is 18.7 Å². The third kappa shape index (κ3) is 3.88. The molecule has 0 bridgehead atoms. The van der Waals surface area contributed by atoms with Gasteiger partial charge in [-0.3, -0.25) is 9.78 Å². The standard InChI is InChI=1S/C18H13ClF3N3O3S/c19-10-1-2-15(13(21)5-10)28-16-7-12(20)11(6-14(16)22)18(26-3-4-27-18)8-25-17(29)23-9-24-25/h1-2,5-7,9H,3-4,8H2,(H,23,24,29). The van der Waals surface area contributed by atoms with Gasteiger partial charge in [-0.2, -0.15) is 0 Å². The highest BCUT2D eigenvalue weighted by Crippen LogP contribution is 2.38. The van der Waals surface area contributed by atoms with E-state index in [0.717, 1.165) is 18.2 Å². The minimum Gasteiger partial charge on any atom is -0.451 e. The second-order valence-corrected chi connectivity index (χ2v) is 6.95. The molecule has 1 aliphatic heterocycles. The van der Waals surface area contributed by atoms with Gasteiger partial charge in [0.05, 0.1) is 18.8 Å². The highest BCUT2D eigenvalue weighted by Gasteiger charge is 2.42. The topological polar surface area (TPSA) is 61.3 Å². The van der Waals surface area contributed by atoms with Gasteiger partial charge in [-0.15, -0.1) is 0 Å². The Morgan fingerprint density at radius 3 is 2.48 bits per heavy atom. The second kappa shape index (κ2) is 7.79. The molecule has 1 saturated heterocycles. The number of nitrogens with zero attached hydrogens (tertiary/aromatic N) is 2. The molecule has 2 aromatic carbocycles. The Hall–Kier alpha value is -2.40. The van der Waals surface area contributed by atoms with Gasteiger partial charge in [0.15, 0.2) is 23.1 Å². The first-order chi connectivity index (χ1) is 13.9. The Morgan fingerprint density at radius 2 is 1.83 bits per heavy atom. The molecule has 0 amide bonds. The Labute approximate surface area is 172 Å². The number of aromatic amines is 1. The molecule has 6 nitrogen and oxygen atoms in total. The lowest BCUT2D eigenvalue weighted by molar-refractivity contribution is -0.180. The van der Waals surface area contributed by atoms with E-state index in [0.29, 0.717) is 0 Å². The zero-order valence-electron chi connectivity index (χ0n) is 14.6. The van der Waals surface area contributed by atoms with Crippen molar-refractivity contribution in [1.82, 2.24) is 14.8 Å². The first-order valence-corrected chi connectivity index (χ1v) is 9.17. The average molecular weight is 444 g/mol. The largest absolute Gasteiger partial charge is 0.451 e. The molecule has 2 heterocycles. The van der Waals surface area contributed by atoms with Crippen LogP contribution >= 0.6 is 23.8 Å². The summed E-state index contributed by atoms with van der Waals surface area (Å²) in [5.41, 5.74) is -0.187. The van der Waals surface area contributed by atoms with E-state index in [2.05, 4.69) is 10.1 Å². The highest BCUT2D eigenvalue weighted by atomic mass is 35.5. The summed E-state index contributed by atoms with van der Waals surface area (Å²) >= 11 is 10.8. The van der Waals surface area contributed by atoms with Crippen LogP contribution in [0.15, 0.2) is 36.7 Å². The van der Waals surface area contributed by atoms with Crippen LogP contribution < -0.4 is 4.74 Å². The van der Waals surface area contributed by atoms with Crippen molar-refractivity contribution in [3.8, 4) is 11.5 Å². The predicted molar refractivity (Wildman–Crippen MR) is 98.8 cm³/mol. The zero-order chi connectivity index (χ0) is 20.6. The van der Waals surface area contributed by atoms with Crippen LogP contribution in [-0.2, 0) is 21.8 Å². The molecule has 0 unspecified atom stereocenters. The number of rotatable bonds is 5. The van der Waals surface area contributed by atoms with Crippen molar-refractivity contribution < 1.29 is 27.4 Å². The van der Waals surface area contributed by atoms with E-state index < -0.39 is 29.0 Å². The second-order valence-electron chi connectivity index (χ2n) is 6.15. The van der Waals surface area contributed by atoms with Crippen molar-refractivity contribution in [2.75, 3.05) is 13.2 Å². The van der Waals surface area contributed by atoms with E-state index in [1.165, 1.54) is 23.1 Å². The molecule has 0 radical (unpaired) electrons. The van der Waals surface area contributed by atoms with Crippen LogP contribution in [0, 0.1) is 22.2 Å². The molecule has 0 saturated carbocycles. The van der Waals surface area contributed by atoms with E-state index in [1.807, 2.05) is 0 Å². The fourth-order valence-electron chi connectivity index (χ4n) is 2.96. The Bertz CT molecular complexity index is 1120. The van der Waals surface area contributed by atoms with Crippen molar-refractivity contribution in [3.05, 3.63) is 69.5 Å². The quantitative estimate of drug-likeness (QED) is 0.579. The van der Waals surface area contributed by atoms with Crippen molar-refractivity contribution in [2.24, 2.45) is 0 Å². The molecule has 1 fully saturated rings. The minimum atomic E-state index is -1.61. The number of nitrogens with one attached hydrogen (secondary N) is 1. The van der Waals surface area contributed by atoms with E-state index >= 15 is 0 Å². The lowest BCUT2D eigenvalue weighted by Gasteiger charge is -2.28. The van der Waals surface area contributed by atoms with Crippen LogP contribution in [0.5, 0.6) is 11.5 Å². The molecule has 1 N–H and O–H groups in total. The molecule has 1 aliphatic rings. The summed E-state index contributed by atoms with van der Waals surface area (Å²) in [5, 5.41) is 2.91. The fraction of sp³-hybridized carbons (Fsp3) is 0.222. The summed E-state index contributed by atoms with van der Waals surface area (Å²) in [7, 11) is 0. The first kappa shape index (κ1) is 19.9. The number of H-pyrrole nitrogens is 1. The maximum atomic E-state index is 14.9. The molecule has 152 valence electrons. The first-order valence-electron chi connectivity index (χ1n) is 8.38. The van der Waals surface area contributed by atoms with Gasteiger partial charge < -0.3 is 14.2 Å². The summed E-state index contributed by atoms with van der Waals surface area (Å²) in [5.74, 6) is -5.01. The van der Waals surface area contributed by atoms with E-state index in [1.54, 1.807) is 0 Å². The minimum absolute atomic E-state index is 0.0752. The van der Waals surface area contributed by atoms with E-state index in [9.17, 15) is 13.2 Å². The smallest absolute Gasteiger partial charge is 0.218 e. The normalized spacial score (nSPS) is 15.6. The number of benzene rings is 2. The summed E-state index contributed by atoms with van der Waals surface area (Å²) in [6, 6.07) is 5.28. The maximum absolute atomic E-state index is 14.9. The molecular formula is C18H13ClF3N3O3S. The summed E-state index contributed by atoms with van der Waals surface area (Å²) < 4.78 is 61.6. The van der Waals surface area contributed by atoms with E-state index in [-0.39, 0.29) is 40.9 Å².